The highest BCUT2D eigenvalue weighted by Crippen LogP contribution is 2.21. The molecule has 4 N–H and O–H groups in total. The molecule has 0 aromatic heterocycles. The van der Waals surface area contributed by atoms with Crippen molar-refractivity contribution in [3.8, 4) is 0 Å². The van der Waals surface area contributed by atoms with Gasteiger partial charge in [-0.15, -0.1) is 0 Å². The average molecular weight is 233 g/mol. The molecule has 1 aromatic rings. The van der Waals surface area contributed by atoms with E-state index in [9.17, 15) is 9.50 Å². The Bertz CT molecular complexity index is 356. The largest absolute Gasteiger partial charge is 0.409 e. The normalized spacial score (nSPS) is 16.1. The summed E-state index contributed by atoms with van der Waals surface area (Å²) in [4.78, 5) is 0. The van der Waals surface area contributed by atoms with Crippen LogP contribution < -0.4 is 5.73 Å². The van der Waals surface area contributed by atoms with E-state index in [-0.39, 0.29) is 0 Å². The first-order chi connectivity index (χ1) is 7.06. The van der Waals surface area contributed by atoms with Crippen molar-refractivity contribution in [1.82, 2.24) is 0 Å². The molecule has 0 radical (unpaired) electrons. The van der Waals surface area contributed by atoms with Crippen LogP contribution in [0.15, 0.2) is 29.4 Å². The number of hydrogen-bond acceptors (Lipinski definition) is 3. The minimum atomic E-state index is -1.95. The van der Waals surface area contributed by atoms with E-state index < -0.39 is 18.1 Å². The van der Waals surface area contributed by atoms with Crippen molar-refractivity contribution in [1.29, 1.82) is 0 Å². The van der Waals surface area contributed by atoms with Crippen molar-refractivity contribution < 1.29 is 14.7 Å². The van der Waals surface area contributed by atoms with Crippen molar-refractivity contribution in [3.63, 3.8) is 0 Å². The molecule has 0 aliphatic carbocycles. The first-order valence-corrected chi connectivity index (χ1v) is 4.49. The van der Waals surface area contributed by atoms with Crippen molar-refractivity contribution in [2.75, 3.05) is 0 Å². The molecule has 2 unspecified atom stereocenters. The number of nitrogens with two attached hydrogens (primary N) is 1. The maximum absolute atomic E-state index is 13.3. The maximum atomic E-state index is 13.3. The fourth-order valence-electron chi connectivity index (χ4n) is 1.05. The van der Waals surface area contributed by atoms with Crippen LogP contribution in [0, 0.1) is 0 Å². The third-order valence-corrected chi connectivity index (χ3v) is 2.14. The van der Waals surface area contributed by atoms with E-state index in [1.807, 2.05) is 0 Å². The summed E-state index contributed by atoms with van der Waals surface area (Å²) in [5, 5.41) is 20.7. The van der Waals surface area contributed by atoms with Gasteiger partial charge in [-0.3, -0.25) is 0 Å². The molecule has 82 valence electrons. The third-order valence-electron chi connectivity index (χ3n) is 1.89. The lowest BCUT2D eigenvalue weighted by Gasteiger charge is -2.14. The van der Waals surface area contributed by atoms with Gasteiger partial charge in [0.2, 0.25) is 0 Å². The number of hydrogen-bond donors (Lipinski definition) is 3. The van der Waals surface area contributed by atoms with Gasteiger partial charge in [-0.25, -0.2) is 4.39 Å². The Labute approximate surface area is 90.8 Å². The number of rotatable bonds is 3. The highest BCUT2D eigenvalue weighted by atomic mass is 35.5. The summed E-state index contributed by atoms with van der Waals surface area (Å²) in [7, 11) is 0. The molecule has 6 heteroatoms. The first-order valence-electron chi connectivity index (χ1n) is 4.11. The van der Waals surface area contributed by atoms with Crippen molar-refractivity contribution in [2.24, 2.45) is 10.9 Å². The average Bonchev–Trinajstić information content (AvgIpc) is 2.27. The Morgan fingerprint density at radius 3 is 2.40 bits per heavy atom. The fraction of sp³-hybridized carbons (Fsp3) is 0.222. The molecule has 0 heterocycles. The van der Waals surface area contributed by atoms with Crippen LogP contribution in [0.5, 0.6) is 0 Å². The SMILES string of the molecule is NC(=NO)C(F)C(O)c1ccc(Cl)cc1. The molecule has 0 fully saturated rings. The monoisotopic (exact) mass is 232 g/mol. The molecule has 4 nitrogen and oxygen atoms in total. The first kappa shape index (κ1) is 11.7. The van der Waals surface area contributed by atoms with Crippen LogP contribution in [0.1, 0.15) is 11.7 Å². The Morgan fingerprint density at radius 1 is 1.40 bits per heavy atom. The second-order valence-electron chi connectivity index (χ2n) is 2.92. The van der Waals surface area contributed by atoms with E-state index >= 15 is 0 Å². The summed E-state index contributed by atoms with van der Waals surface area (Å²) in [5.41, 5.74) is 5.33. The summed E-state index contributed by atoms with van der Waals surface area (Å²) < 4.78 is 13.3. The molecule has 0 saturated carbocycles. The molecular formula is C9H10ClFN2O2. The summed E-state index contributed by atoms with van der Waals surface area (Å²) >= 11 is 5.62. The van der Waals surface area contributed by atoms with Gasteiger partial charge in [0.15, 0.2) is 12.0 Å². The van der Waals surface area contributed by atoms with Crippen molar-refractivity contribution in [3.05, 3.63) is 34.9 Å². The van der Waals surface area contributed by atoms with Crippen molar-refractivity contribution in [2.45, 2.75) is 12.3 Å². The summed E-state index contributed by atoms with van der Waals surface area (Å²) in [6.45, 7) is 0. The molecule has 0 amide bonds. The molecule has 15 heavy (non-hydrogen) atoms. The number of halogens is 2. The molecule has 0 bridgehead atoms. The van der Waals surface area contributed by atoms with Crippen LogP contribution in [-0.4, -0.2) is 22.3 Å². The minimum Gasteiger partial charge on any atom is -0.409 e. The van der Waals surface area contributed by atoms with Crippen molar-refractivity contribution >= 4 is 17.4 Å². The number of benzene rings is 1. The van der Waals surface area contributed by atoms with E-state index in [2.05, 4.69) is 5.16 Å². The van der Waals surface area contributed by atoms with Gasteiger partial charge in [-0.05, 0) is 17.7 Å². The number of oxime groups is 1. The number of nitrogens with zero attached hydrogens (tertiary/aromatic N) is 1. The molecule has 0 aliphatic rings. The molecule has 1 aromatic carbocycles. The van der Waals surface area contributed by atoms with E-state index in [0.29, 0.717) is 10.6 Å². The quantitative estimate of drug-likeness (QED) is 0.320. The topological polar surface area (TPSA) is 78.8 Å². The molecule has 0 spiro atoms. The molecular weight excluding hydrogens is 223 g/mol. The molecule has 0 saturated heterocycles. The van der Waals surface area contributed by atoms with E-state index in [1.54, 1.807) is 0 Å². The van der Waals surface area contributed by atoms with Crippen LogP contribution in [0.2, 0.25) is 5.02 Å². The van der Waals surface area contributed by atoms with Crippen LogP contribution in [0.4, 0.5) is 4.39 Å². The van der Waals surface area contributed by atoms with Crippen LogP contribution in [0.3, 0.4) is 0 Å². The summed E-state index contributed by atoms with van der Waals surface area (Å²) in [6.07, 6.45) is -3.42. The number of aliphatic hydroxyl groups excluding tert-OH is 1. The van der Waals surface area contributed by atoms with E-state index in [4.69, 9.17) is 22.5 Å². The number of aliphatic hydroxyl groups is 1. The van der Waals surface area contributed by atoms with E-state index in [1.165, 1.54) is 24.3 Å². The van der Waals surface area contributed by atoms with Gasteiger partial charge in [0.1, 0.15) is 6.10 Å². The Balaban J connectivity index is 2.85. The van der Waals surface area contributed by atoms with Gasteiger partial charge in [-0.2, -0.15) is 0 Å². The zero-order valence-electron chi connectivity index (χ0n) is 7.64. The van der Waals surface area contributed by atoms with Gasteiger partial charge in [0.05, 0.1) is 0 Å². The highest BCUT2D eigenvalue weighted by Gasteiger charge is 2.24. The Morgan fingerprint density at radius 2 is 1.93 bits per heavy atom. The molecule has 0 aliphatic heterocycles. The lowest BCUT2D eigenvalue weighted by Crippen LogP contribution is -2.30. The van der Waals surface area contributed by atoms with Gasteiger partial charge in [0, 0.05) is 5.02 Å². The smallest absolute Gasteiger partial charge is 0.190 e. The lowest BCUT2D eigenvalue weighted by atomic mass is 10.1. The lowest BCUT2D eigenvalue weighted by molar-refractivity contribution is 0.110. The number of amidine groups is 1. The Kier molecular flexibility index (Phi) is 3.88. The van der Waals surface area contributed by atoms with Gasteiger partial charge < -0.3 is 16.0 Å². The van der Waals surface area contributed by atoms with Crippen LogP contribution in [-0.2, 0) is 0 Å². The fourth-order valence-corrected chi connectivity index (χ4v) is 1.17. The third kappa shape index (κ3) is 2.81. The highest BCUT2D eigenvalue weighted by molar-refractivity contribution is 6.30. The predicted octanol–water partition coefficient (Wildman–Crippen LogP) is 1.46. The summed E-state index contributed by atoms with van der Waals surface area (Å²) in [6, 6.07) is 5.95. The standard InChI is InChI=1S/C9H10ClFN2O2/c10-6-3-1-5(2-4-6)8(14)7(11)9(12)13-15/h1-4,7-8,14-15H,(H2,12,13). The Hall–Kier alpha value is -1.33. The van der Waals surface area contributed by atoms with E-state index in [0.717, 1.165) is 0 Å². The van der Waals surface area contributed by atoms with Gasteiger partial charge in [-0.1, -0.05) is 28.9 Å². The van der Waals surface area contributed by atoms with Gasteiger partial charge in [0.25, 0.3) is 0 Å². The van der Waals surface area contributed by atoms with Crippen LogP contribution in [0.25, 0.3) is 0 Å². The minimum absolute atomic E-state index is 0.304. The zero-order chi connectivity index (χ0) is 11.4. The molecule has 2 atom stereocenters. The van der Waals surface area contributed by atoms with Crippen LogP contribution >= 0.6 is 11.6 Å². The second kappa shape index (κ2) is 4.95. The second-order valence-corrected chi connectivity index (χ2v) is 3.36. The van der Waals surface area contributed by atoms with Gasteiger partial charge >= 0.3 is 0 Å². The summed E-state index contributed by atoms with van der Waals surface area (Å²) in [5.74, 6) is -0.669. The number of alkyl halides is 1. The maximum Gasteiger partial charge on any atom is 0.190 e. The molecule has 1 rings (SSSR count). The predicted molar refractivity (Wildman–Crippen MR) is 54.7 cm³/mol. The zero-order valence-corrected chi connectivity index (χ0v) is 8.39.